The molecule has 3 saturated heterocycles. The summed E-state index contributed by atoms with van der Waals surface area (Å²) in [6, 6.07) is 17.3. The summed E-state index contributed by atoms with van der Waals surface area (Å²) in [5.74, 6) is 1.42. The zero-order valence-electron chi connectivity index (χ0n) is 35.6. The molecule has 10 rings (SSSR count). The number of Topliss-reactive ketones (excluding diaryl/α,β-unsaturated/α-hetero) is 3. The van der Waals surface area contributed by atoms with Crippen LogP contribution in [0.1, 0.15) is 56.3 Å². The Balaban J connectivity index is 0.000000160. The fraction of sp³-hybridized carbons (Fsp3) is 0.438. The maximum atomic E-state index is 12.9. The van der Waals surface area contributed by atoms with E-state index in [1.165, 1.54) is 0 Å². The highest BCUT2D eigenvalue weighted by Crippen LogP contribution is 2.28. The summed E-state index contributed by atoms with van der Waals surface area (Å²) in [6.45, 7) is 5.58. The van der Waals surface area contributed by atoms with Crippen molar-refractivity contribution in [2.24, 2.45) is 25.9 Å². The van der Waals surface area contributed by atoms with Crippen molar-refractivity contribution in [3.05, 3.63) is 97.1 Å². The number of carbonyl (C=O) groups is 3. The van der Waals surface area contributed by atoms with Crippen LogP contribution in [0, 0.1) is 11.8 Å². The number of pyridine rings is 2. The molecule has 3 aliphatic heterocycles. The number of carbonyl (C=O) groups excluding carboxylic acids is 3. The van der Waals surface area contributed by atoms with Crippen LogP contribution in [0.25, 0.3) is 43.8 Å². The normalized spacial score (nSPS) is 17.2. The Kier molecular flexibility index (Phi) is 14.9. The van der Waals surface area contributed by atoms with Crippen LogP contribution in [0.15, 0.2) is 85.7 Å². The second-order valence-corrected chi connectivity index (χ2v) is 16.5. The van der Waals surface area contributed by atoms with E-state index in [4.69, 9.17) is 9.84 Å². The number of hydrogen-bond acceptors (Lipinski definition) is 11. The Morgan fingerprint density at radius 1 is 0.672 bits per heavy atom. The standard InChI is InChI=1S/C23H26N4O2.C20H22N4O.C4H6O.CH4O/c1-26-13-20(12-25-26)17-2-3-18-11-24-21(9-19(18)8-17)10-23(28)16-4-6-27(7-5-16)22-14-29-15-22;1-24-13-18(12-23-24)15-2-3-16-11-22-19(9-17(16)8-15)10-20(25)14-4-6-21-7-5-14;5-4-2-1-3-4;1-2/h2-3,8-9,11-13,16,22H,4-7,10,14-15H2,1H3;2-3,8-9,11-14,21H,4-7,10H2,1H3;1-3H2;2H,1H3. The number of aliphatic hydroxyl groups excluding tert-OH is 1. The molecule has 4 aliphatic rings. The average Bonchev–Trinajstić information content (AvgIpc) is 3.91. The number of nitrogens with zero attached hydrogens (tertiary/aromatic N) is 7. The van der Waals surface area contributed by atoms with E-state index in [0.717, 1.165) is 147 Å². The van der Waals surface area contributed by atoms with Gasteiger partial charge in [0.25, 0.3) is 0 Å². The van der Waals surface area contributed by atoms with Crippen LogP contribution >= 0.6 is 0 Å². The molecule has 1 aliphatic carbocycles. The molecular formula is C48H58N8O5. The van der Waals surface area contributed by atoms with E-state index < -0.39 is 0 Å². The molecule has 4 fully saturated rings. The second-order valence-electron chi connectivity index (χ2n) is 16.5. The van der Waals surface area contributed by atoms with Crippen LogP contribution < -0.4 is 5.32 Å². The monoisotopic (exact) mass is 826 g/mol. The third-order valence-electron chi connectivity index (χ3n) is 12.2. The van der Waals surface area contributed by atoms with Crippen molar-refractivity contribution in [3.8, 4) is 22.3 Å². The Bertz CT molecular complexity index is 2420. The van der Waals surface area contributed by atoms with Gasteiger partial charge in [-0.2, -0.15) is 10.2 Å². The van der Waals surface area contributed by atoms with E-state index >= 15 is 0 Å². The third-order valence-corrected chi connectivity index (χ3v) is 12.2. The van der Waals surface area contributed by atoms with Gasteiger partial charge >= 0.3 is 0 Å². The molecule has 320 valence electrons. The Hall–Kier alpha value is -5.47. The summed E-state index contributed by atoms with van der Waals surface area (Å²) in [7, 11) is 4.83. The van der Waals surface area contributed by atoms with Gasteiger partial charge in [0, 0.05) is 117 Å². The van der Waals surface area contributed by atoms with Crippen LogP contribution in [0.2, 0.25) is 0 Å². The minimum atomic E-state index is 0.159. The molecule has 13 heteroatoms. The Morgan fingerprint density at radius 3 is 1.54 bits per heavy atom. The number of aryl methyl sites for hydroxylation is 2. The van der Waals surface area contributed by atoms with Crippen molar-refractivity contribution >= 4 is 38.9 Å². The van der Waals surface area contributed by atoms with Crippen molar-refractivity contribution < 1.29 is 24.2 Å². The number of rotatable bonds is 9. The number of piperidine rings is 2. The number of aromatic nitrogens is 6. The summed E-state index contributed by atoms with van der Waals surface area (Å²) < 4.78 is 8.90. The van der Waals surface area contributed by atoms with Crippen LogP contribution in [0.3, 0.4) is 0 Å². The Morgan fingerprint density at radius 2 is 1.15 bits per heavy atom. The minimum absolute atomic E-state index is 0.159. The first-order valence-electron chi connectivity index (χ1n) is 21.5. The van der Waals surface area contributed by atoms with Crippen molar-refractivity contribution in [2.45, 2.75) is 63.8 Å². The molecule has 1 saturated carbocycles. The van der Waals surface area contributed by atoms with Crippen LogP contribution in [0.5, 0.6) is 0 Å². The van der Waals surface area contributed by atoms with Crippen molar-refractivity contribution in [1.82, 2.24) is 39.7 Å². The maximum absolute atomic E-state index is 12.9. The van der Waals surface area contributed by atoms with Gasteiger partial charge in [-0.05, 0) is 104 Å². The lowest BCUT2D eigenvalue weighted by molar-refractivity contribution is -0.125. The molecule has 61 heavy (non-hydrogen) atoms. The van der Waals surface area contributed by atoms with E-state index in [-0.39, 0.29) is 11.8 Å². The van der Waals surface area contributed by atoms with Gasteiger partial charge in [0.05, 0.1) is 31.6 Å². The molecule has 0 spiro atoms. The zero-order valence-corrected chi connectivity index (χ0v) is 35.6. The van der Waals surface area contributed by atoms with Crippen LogP contribution in [0.4, 0.5) is 0 Å². The SMILES string of the molecule is CO.Cn1cc(-c2ccc3cnc(CC(=O)C4CCN(C5COC5)CC4)cc3c2)cn1.Cn1cc(-c2ccc3cnc(CC(=O)C4CCNCC4)cc3c2)cn1.O=C1CCC1. The van der Waals surface area contributed by atoms with Crippen LogP contribution in [-0.4, -0.2) is 109 Å². The Labute approximate surface area is 357 Å². The number of benzene rings is 2. The topological polar surface area (TPSA) is 157 Å². The van der Waals surface area contributed by atoms with Gasteiger partial charge in [-0.1, -0.05) is 24.3 Å². The van der Waals surface area contributed by atoms with Gasteiger partial charge in [0.2, 0.25) is 0 Å². The number of likely N-dealkylation sites (tertiary alicyclic amines) is 1. The summed E-state index contributed by atoms with van der Waals surface area (Å²) in [5.41, 5.74) is 6.16. The van der Waals surface area contributed by atoms with E-state index in [0.29, 0.717) is 36.2 Å². The average molecular weight is 827 g/mol. The van der Waals surface area contributed by atoms with E-state index in [1.54, 1.807) is 9.36 Å². The minimum Gasteiger partial charge on any atom is -0.400 e. The van der Waals surface area contributed by atoms with Gasteiger partial charge in [-0.3, -0.25) is 38.6 Å². The number of nitrogens with one attached hydrogen (secondary N) is 1. The molecule has 4 aromatic heterocycles. The number of fused-ring (bicyclic) bond motifs is 2. The lowest BCUT2D eigenvalue weighted by Crippen LogP contribution is -2.52. The summed E-state index contributed by atoms with van der Waals surface area (Å²) in [5, 5.41) is 23.2. The highest BCUT2D eigenvalue weighted by molar-refractivity contribution is 5.90. The largest absolute Gasteiger partial charge is 0.400 e. The molecule has 7 heterocycles. The summed E-state index contributed by atoms with van der Waals surface area (Å²) >= 11 is 0. The number of hydrogen-bond donors (Lipinski definition) is 2. The first-order chi connectivity index (χ1) is 29.7. The van der Waals surface area contributed by atoms with E-state index in [9.17, 15) is 14.4 Å². The first-order valence-corrected chi connectivity index (χ1v) is 21.5. The fourth-order valence-electron chi connectivity index (χ4n) is 8.20. The van der Waals surface area contributed by atoms with Gasteiger partial charge in [-0.15, -0.1) is 0 Å². The molecule has 0 radical (unpaired) electrons. The molecule has 2 N–H and O–H groups in total. The number of aliphatic hydroxyl groups is 1. The zero-order chi connectivity index (χ0) is 42.7. The van der Waals surface area contributed by atoms with E-state index in [1.807, 2.05) is 57.3 Å². The van der Waals surface area contributed by atoms with Gasteiger partial charge in [-0.25, -0.2) is 0 Å². The van der Waals surface area contributed by atoms with Gasteiger partial charge in [0.1, 0.15) is 17.3 Å². The lowest BCUT2D eigenvalue weighted by Gasteiger charge is -2.41. The third kappa shape index (κ3) is 11.5. The number of ether oxygens (including phenoxy) is 1. The van der Waals surface area contributed by atoms with Crippen LogP contribution in [-0.2, 0) is 46.1 Å². The van der Waals surface area contributed by atoms with Crippen molar-refractivity contribution in [2.75, 3.05) is 46.5 Å². The lowest BCUT2D eigenvalue weighted by atomic mass is 9.89. The molecule has 0 atom stereocenters. The van der Waals surface area contributed by atoms with Gasteiger partial charge < -0.3 is 15.2 Å². The second kappa shape index (κ2) is 20.9. The molecule has 13 nitrogen and oxygen atoms in total. The first kappa shape index (κ1) is 43.6. The number of ketones is 3. The quantitative estimate of drug-likeness (QED) is 0.178. The predicted molar refractivity (Wildman–Crippen MR) is 237 cm³/mol. The fourth-order valence-corrected chi connectivity index (χ4v) is 8.20. The summed E-state index contributed by atoms with van der Waals surface area (Å²) in [6.07, 6.45) is 19.0. The molecule has 2 aromatic carbocycles. The van der Waals surface area contributed by atoms with Gasteiger partial charge in [0.15, 0.2) is 0 Å². The highest BCUT2D eigenvalue weighted by atomic mass is 16.5. The van der Waals surface area contributed by atoms with Crippen molar-refractivity contribution in [1.29, 1.82) is 0 Å². The molecule has 6 aromatic rings. The predicted octanol–water partition coefficient (Wildman–Crippen LogP) is 5.95. The molecule has 0 amide bonds. The summed E-state index contributed by atoms with van der Waals surface area (Å²) in [4.78, 5) is 46.8. The molecule has 0 bridgehead atoms. The molecular weight excluding hydrogens is 769 g/mol. The van der Waals surface area contributed by atoms with E-state index in [2.05, 4.69) is 72.8 Å². The van der Waals surface area contributed by atoms with Crippen molar-refractivity contribution in [3.63, 3.8) is 0 Å². The highest BCUT2D eigenvalue weighted by Gasteiger charge is 2.32. The maximum Gasteiger partial charge on any atom is 0.142 e. The molecule has 0 unspecified atom stereocenters. The smallest absolute Gasteiger partial charge is 0.142 e.